The fourth-order valence-corrected chi connectivity index (χ4v) is 4.60. The van der Waals surface area contributed by atoms with Gasteiger partial charge in [0.2, 0.25) is 0 Å². The number of aliphatic imine (C=N–C) groups is 1. The van der Waals surface area contributed by atoms with Crippen molar-refractivity contribution in [2.24, 2.45) is 16.3 Å². The van der Waals surface area contributed by atoms with E-state index < -0.39 is 0 Å². The van der Waals surface area contributed by atoms with Crippen LogP contribution >= 0.6 is 35.7 Å². The molecule has 2 fully saturated rings. The molecule has 1 aromatic rings. The first kappa shape index (κ1) is 19.8. The largest absolute Gasteiger partial charge is 0.377 e. The van der Waals surface area contributed by atoms with Crippen molar-refractivity contribution >= 4 is 41.7 Å². The third-order valence-electron chi connectivity index (χ3n) is 5.02. The zero-order valence-electron chi connectivity index (χ0n) is 14.6. The molecular formula is C18H28IN3OS. The normalized spacial score (nSPS) is 27.6. The van der Waals surface area contributed by atoms with E-state index in [1.807, 2.05) is 18.8 Å². The molecule has 1 aromatic carbocycles. The number of ether oxygens (including phenoxy) is 1. The molecular weight excluding hydrogens is 433 g/mol. The topological polar surface area (TPSA) is 45.7 Å². The van der Waals surface area contributed by atoms with E-state index in [0.29, 0.717) is 18.1 Å². The van der Waals surface area contributed by atoms with E-state index in [2.05, 4.69) is 59.8 Å². The van der Waals surface area contributed by atoms with E-state index in [4.69, 9.17) is 4.74 Å². The smallest absolute Gasteiger partial charge is 0.191 e. The lowest BCUT2D eigenvalue weighted by molar-refractivity contribution is -0.106. The van der Waals surface area contributed by atoms with Gasteiger partial charge in [-0.15, -0.1) is 35.7 Å². The summed E-state index contributed by atoms with van der Waals surface area (Å²) in [5.74, 6) is 2.55. The van der Waals surface area contributed by atoms with Crippen LogP contribution in [0, 0.1) is 11.3 Å². The molecule has 6 heteroatoms. The standard InChI is InChI=1S/C18H27N3OS.HI/c1-18(2)15(14-9-11-22-16(14)18)21-17(19-3)20-10-12-23-13-7-5-4-6-8-13;/h4-8,14-16H,9-12H2,1-3H3,(H2,19,20,21);1H. The maximum Gasteiger partial charge on any atom is 0.191 e. The van der Waals surface area contributed by atoms with E-state index in [9.17, 15) is 0 Å². The summed E-state index contributed by atoms with van der Waals surface area (Å²) >= 11 is 1.86. The lowest BCUT2D eigenvalue weighted by atomic mass is 9.57. The Morgan fingerprint density at radius 3 is 2.79 bits per heavy atom. The molecule has 1 saturated heterocycles. The average Bonchev–Trinajstić information content (AvgIpc) is 3.02. The molecule has 0 radical (unpaired) electrons. The number of nitrogens with one attached hydrogen (secondary N) is 2. The molecule has 3 unspecified atom stereocenters. The highest BCUT2D eigenvalue weighted by Crippen LogP contribution is 2.52. The molecule has 134 valence electrons. The van der Waals surface area contributed by atoms with Crippen LogP contribution in [0.25, 0.3) is 0 Å². The number of hydrogen-bond donors (Lipinski definition) is 2. The van der Waals surface area contributed by atoms with Crippen molar-refractivity contribution in [3.63, 3.8) is 0 Å². The van der Waals surface area contributed by atoms with Crippen LogP contribution in [0.15, 0.2) is 40.2 Å². The molecule has 2 N–H and O–H groups in total. The highest BCUT2D eigenvalue weighted by Gasteiger charge is 2.59. The second-order valence-electron chi connectivity index (χ2n) is 6.85. The van der Waals surface area contributed by atoms with Crippen LogP contribution in [-0.4, -0.2) is 44.1 Å². The quantitative estimate of drug-likeness (QED) is 0.232. The lowest BCUT2D eigenvalue weighted by Crippen LogP contribution is -2.68. The molecule has 3 rings (SSSR count). The molecule has 0 aromatic heterocycles. The minimum atomic E-state index is 0. The van der Waals surface area contributed by atoms with E-state index in [1.165, 1.54) is 4.90 Å². The first-order valence-electron chi connectivity index (χ1n) is 8.39. The summed E-state index contributed by atoms with van der Waals surface area (Å²) in [5.41, 5.74) is 0.178. The summed E-state index contributed by atoms with van der Waals surface area (Å²) in [6.07, 6.45) is 1.57. The zero-order valence-corrected chi connectivity index (χ0v) is 17.8. The fourth-order valence-electron chi connectivity index (χ4n) is 3.81. The van der Waals surface area contributed by atoms with Crippen molar-refractivity contribution in [3.05, 3.63) is 30.3 Å². The van der Waals surface area contributed by atoms with Crippen LogP contribution in [0.4, 0.5) is 0 Å². The second-order valence-corrected chi connectivity index (χ2v) is 8.02. The maximum absolute atomic E-state index is 5.86. The van der Waals surface area contributed by atoms with Gasteiger partial charge in [0, 0.05) is 48.2 Å². The van der Waals surface area contributed by atoms with Crippen molar-refractivity contribution < 1.29 is 4.74 Å². The summed E-state index contributed by atoms with van der Waals surface area (Å²) in [5, 5.41) is 7.05. The zero-order chi connectivity index (χ0) is 16.3. The summed E-state index contributed by atoms with van der Waals surface area (Å²) in [6.45, 7) is 6.37. The third kappa shape index (κ3) is 4.19. The van der Waals surface area contributed by atoms with Crippen molar-refractivity contribution in [3.8, 4) is 0 Å². The van der Waals surface area contributed by atoms with Gasteiger partial charge in [-0.25, -0.2) is 0 Å². The van der Waals surface area contributed by atoms with Crippen molar-refractivity contribution in [2.75, 3.05) is 26.0 Å². The lowest BCUT2D eigenvalue weighted by Gasteiger charge is -2.54. The summed E-state index contributed by atoms with van der Waals surface area (Å²) in [7, 11) is 1.84. The first-order chi connectivity index (χ1) is 11.1. The van der Waals surface area contributed by atoms with Gasteiger partial charge >= 0.3 is 0 Å². The molecule has 4 nitrogen and oxygen atoms in total. The minimum Gasteiger partial charge on any atom is -0.377 e. The molecule has 0 spiro atoms. The summed E-state index contributed by atoms with van der Waals surface area (Å²) in [4.78, 5) is 5.69. The monoisotopic (exact) mass is 461 g/mol. The van der Waals surface area contributed by atoms with Gasteiger partial charge in [0.1, 0.15) is 0 Å². The number of thioether (sulfide) groups is 1. The van der Waals surface area contributed by atoms with Gasteiger partial charge in [-0.2, -0.15) is 0 Å². The van der Waals surface area contributed by atoms with Crippen LogP contribution in [0.5, 0.6) is 0 Å². The number of fused-ring (bicyclic) bond motifs is 1. The fraction of sp³-hybridized carbons (Fsp3) is 0.611. The van der Waals surface area contributed by atoms with Crippen LogP contribution in [0.2, 0.25) is 0 Å². The van der Waals surface area contributed by atoms with Crippen molar-refractivity contribution in [2.45, 2.75) is 37.3 Å². The number of rotatable bonds is 5. The van der Waals surface area contributed by atoms with Crippen molar-refractivity contribution in [1.82, 2.24) is 10.6 Å². The Labute approximate surface area is 166 Å². The third-order valence-corrected chi connectivity index (χ3v) is 6.04. The molecule has 1 aliphatic carbocycles. The van der Waals surface area contributed by atoms with Crippen LogP contribution in [0.1, 0.15) is 20.3 Å². The SMILES string of the molecule is CN=C(NCCSc1ccccc1)NC1C2CCOC2C1(C)C.I. The Morgan fingerprint density at radius 2 is 2.08 bits per heavy atom. The predicted octanol–water partition coefficient (Wildman–Crippen LogP) is 3.38. The Bertz CT molecular complexity index is 552. The van der Waals surface area contributed by atoms with Gasteiger partial charge in [0.05, 0.1) is 6.10 Å². The number of guanidine groups is 1. The minimum absolute atomic E-state index is 0. The van der Waals surface area contributed by atoms with Gasteiger partial charge in [-0.3, -0.25) is 4.99 Å². The van der Waals surface area contributed by atoms with Crippen molar-refractivity contribution in [1.29, 1.82) is 0 Å². The Hall–Kier alpha value is -0.470. The van der Waals surface area contributed by atoms with E-state index in [1.54, 1.807) is 0 Å². The summed E-state index contributed by atoms with van der Waals surface area (Å²) in [6, 6.07) is 10.9. The molecule has 1 heterocycles. The number of benzene rings is 1. The van der Waals surface area contributed by atoms with Gasteiger partial charge in [-0.05, 0) is 18.6 Å². The molecule has 3 atom stereocenters. The molecule has 0 amide bonds. The highest BCUT2D eigenvalue weighted by molar-refractivity contribution is 14.0. The van der Waals surface area contributed by atoms with E-state index in [-0.39, 0.29) is 29.4 Å². The Morgan fingerprint density at radius 1 is 1.33 bits per heavy atom. The second kappa shape index (κ2) is 8.76. The van der Waals surface area contributed by atoms with Gasteiger partial charge < -0.3 is 15.4 Å². The highest BCUT2D eigenvalue weighted by atomic mass is 127. The Balaban J connectivity index is 0.00000208. The number of halogens is 1. The van der Waals surface area contributed by atoms with Gasteiger partial charge in [-0.1, -0.05) is 32.0 Å². The van der Waals surface area contributed by atoms with Crippen LogP contribution in [0.3, 0.4) is 0 Å². The van der Waals surface area contributed by atoms with Crippen LogP contribution in [-0.2, 0) is 4.74 Å². The molecule has 24 heavy (non-hydrogen) atoms. The number of nitrogens with zero attached hydrogens (tertiary/aromatic N) is 1. The van der Waals surface area contributed by atoms with Crippen LogP contribution < -0.4 is 10.6 Å². The van der Waals surface area contributed by atoms with Gasteiger partial charge in [0.15, 0.2) is 5.96 Å². The predicted molar refractivity (Wildman–Crippen MR) is 112 cm³/mol. The Kier molecular flexibility index (Phi) is 7.24. The average molecular weight is 461 g/mol. The molecule has 1 saturated carbocycles. The van der Waals surface area contributed by atoms with E-state index in [0.717, 1.165) is 31.3 Å². The number of hydrogen-bond acceptors (Lipinski definition) is 3. The first-order valence-corrected chi connectivity index (χ1v) is 9.38. The maximum atomic E-state index is 5.86. The molecule has 1 aliphatic heterocycles. The van der Waals surface area contributed by atoms with E-state index >= 15 is 0 Å². The molecule has 0 bridgehead atoms. The van der Waals surface area contributed by atoms with Gasteiger partial charge in [0.25, 0.3) is 0 Å². The molecule has 2 aliphatic rings. The summed E-state index contributed by atoms with van der Waals surface area (Å²) < 4.78 is 5.86.